The van der Waals surface area contributed by atoms with Crippen LogP contribution in [0.25, 0.3) is 0 Å². The van der Waals surface area contributed by atoms with E-state index in [1.807, 2.05) is 18.2 Å². The Bertz CT molecular complexity index is 620. The molecule has 196 valence electrons. The fourth-order valence-corrected chi connectivity index (χ4v) is 4.23. The fourth-order valence-electron chi connectivity index (χ4n) is 3.73. The first kappa shape index (κ1) is 36.0. The van der Waals surface area contributed by atoms with Crippen LogP contribution in [-0.2, 0) is 16.8 Å². The minimum Gasteiger partial charge on any atom is -0.508 e. The minimum absolute atomic E-state index is 0.452. The third-order valence-corrected chi connectivity index (χ3v) is 6.46. The van der Waals surface area contributed by atoms with Crippen LogP contribution < -0.4 is 0 Å². The molecule has 0 atom stereocenters. The quantitative estimate of drug-likeness (QED) is 0.104. The number of para-hydroxylation sites is 1. The summed E-state index contributed by atoms with van der Waals surface area (Å²) in [4.78, 5) is 0. The second kappa shape index (κ2) is 27.5. The van der Waals surface area contributed by atoms with Gasteiger partial charge in [0.05, 0.1) is 0 Å². The summed E-state index contributed by atoms with van der Waals surface area (Å²) in [6, 6.07) is 7.67. The van der Waals surface area contributed by atoms with E-state index in [-0.39, 0.29) is 0 Å². The Morgan fingerprint density at radius 2 is 1.00 bits per heavy atom. The molecule has 0 aliphatic heterocycles. The van der Waals surface area contributed by atoms with Crippen molar-refractivity contribution in [2.45, 2.75) is 133 Å². The number of hydrogen-bond donors (Lipinski definition) is 3. The monoisotopic (exact) mass is 510 g/mol. The van der Waals surface area contributed by atoms with E-state index in [0.29, 0.717) is 5.75 Å². The van der Waals surface area contributed by atoms with Gasteiger partial charge in [-0.25, -0.2) is 0 Å². The summed E-state index contributed by atoms with van der Waals surface area (Å²) in [5, 5.41) is 9.58. The van der Waals surface area contributed by atoms with Crippen LogP contribution >= 0.6 is 0 Å². The number of rotatable bonds is 18. The maximum absolute atomic E-state index is 9.58. The molecule has 0 aliphatic rings. The van der Waals surface area contributed by atoms with Crippen molar-refractivity contribution in [1.29, 1.82) is 0 Å². The number of phenolic OH excluding ortho intramolecular Hbond substituents is 1. The van der Waals surface area contributed by atoms with Gasteiger partial charge >= 0.3 is 113 Å². The van der Waals surface area contributed by atoms with Crippen LogP contribution in [0.5, 0.6) is 5.75 Å². The summed E-state index contributed by atoms with van der Waals surface area (Å²) in [6.07, 6.45) is 25.0. The van der Waals surface area contributed by atoms with E-state index in [1.165, 1.54) is 141 Å². The van der Waals surface area contributed by atoms with Gasteiger partial charge in [-0.3, -0.25) is 9.11 Å². The maximum atomic E-state index is 9.58. The van der Waals surface area contributed by atoms with Crippen LogP contribution in [0.3, 0.4) is 0 Å². The number of unbranched alkanes of at least 4 members (excludes halogenated alkanes) is 15. The molecule has 0 heterocycles. The number of benzene rings is 1. The van der Waals surface area contributed by atoms with Crippen molar-refractivity contribution in [2.75, 3.05) is 0 Å². The van der Waals surface area contributed by atoms with Gasteiger partial charge in [-0.15, -0.1) is 0 Å². The Kier molecular flexibility index (Phi) is 29.1. The Morgan fingerprint density at radius 3 is 1.38 bits per heavy atom. The molecule has 0 unspecified atom stereocenters. The topological polar surface area (TPSA) is 94.8 Å². The second-order valence-electron chi connectivity index (χ2n) is 9.13. The zero-order valence-corrected chi connectivity index (χ0v) is 25.1. The first-order valence-corrected chi connectivity index (χ1v) is 16.5. The molecule has 0 radical (unpaired) electrons. The van der Waals surface area contributed by atoms with Crippen LogP contribution in [0.1, 0.15) is 129 Å². The summed E-state index contributed by atoms with van der Waals surface area (Å²) in [7, 11) is -4.67. The van der Waals surface area contributed by atoms with E-state index in [1.54, 1.807) is 6.07 Å². The van der Waals surface area contributed by atoms with Gasteiger partial charge in [-0.1, -0.05) is 63.6 Å². The predicted octanol–water partition coefficient (Wildman–Crippen LogP) is 8.53. The molecular weight excluding hydrogens is 459 g/mol. The largest absolute Gasteiger partial charge is 0.508 e. The number of hydrogen-bond acceptors (Lipinski definition) is 3. The first-order valence-electron chi connectivity index (χ1n) is 13.7. The van der Waals surface area contributed by atoms with E-state index in [4.69, 9.17) is 17.5 Å². The molecule has 0 saturated heterocycles. The van der Waals surface area contributed by atoms with Gasteiger partial charge in [-0.2, -0.15) is 8.42 Å². The van der Waals surface area contributed by atoms with Crippen LogP contribution in [0, 0.1) is 0 Å². The van der Waals surface area contributed by atoms with E-state index in [0.717, 1.165) is 12.0 Å². The number of aryl methyl sites for hydroxylation is 1. The molecule has 0 spiro atoms. The molecule has 7 heteroatoms. The molecule has 0 saturated carbocycles. The predicted molar refractivity (Wildman–Crippen MR) is 146 cm³/mol. The summed E-state index contributed by atoms with van der Waals surface area (Å²) in [5.74, 6) is 0.452. The third-order valence-electron chi connectivity index (χ3n) is 5.75. The van der Waals surface area contributed by atoms with Crippen molar-refractivity contribution in [3.05, 3.63) is 29.8 Å². The molecule has 0 aliphatic carbocycles. The van der Waals surface area contributed by atoms with Crippen LogP contribution in [0.2, 0.25) is 3.67 Å². The molecule has 34 heavy (non-hydrogen) atoms. The number of aromatic hydroxyl groups is 1. The molecule has 0 amide bonds. The van der Waals surface area contributed by atoms with Crippen molar-refractivity contribution < 1.29 is 22.6 Å². The standard InChI is InChI=1S/C15H24O.C12H25.Na.H2O4S/c1-2-3-4-5-6-7-8-11-14-12-9-10-13-15(14)16;1-3-5-7-9-11-12-10-8-6-4-2;;1-5(2,3)4/h9-10,12-13,16H,2-8,11H2,1H3;1,3-12H2,2H3;;(H2,1,2,3,4). The fraction of sp³-hybridized carbons (Fsp3) is 0.778. The number of phenols is 1. The zero-order chi connectivity index (χ0) is 25.9. The average molecular weight is 511 g/mol. The van der Waals surface area contributed by atoms with Gasteiger partial charge in [0, 0.05) is 0 Å². The van der Waals surface area contributed by atoms with Crippen molar-refractivity contribution in [3.63, 3.8) is 0 Å². The smallest absolute Gasteiger partial charge is 0.394 e. The van der Waals surface area contributed by atoms with E-state index < -0.39 is 10.4 Å². The Labute approximate surface area is 228 Å². The van der Waals surface area contributed by atoms with Gasteiger partial charge in [0.15, 0.2) is 0 Å². The molecule has 0 fully saturated rings. The molecule has 3 N–H and O–H groups in total. The van der Waals surface area contributed by atoms with E-state index >= 15 is 0 Å². The minimum atomic E-state index is -4.67. The molecule has 0 bridgehead atoms. The molecule has 1 aromatic carbocycles. The summed E-state index contributed by atoms with van der Waals surface area (Å²) in [5.41, 5.74) is 1.09. The maximum Gasteiger partial charge on any atom is 0.394 e. The summed E-state index contributed by atoms with van der Waals surface area (Å²) >= 11 is 1.41. The van der Waals surface area contributed by atoms with Gasteiger partial charge < -0.3 is 5.11 Å². The van der Waals surface area contributed by atoms with Crippen molar-refractivity contribution in [2.24, 2.45) is 0 Å². The van der Waals surface area contributed by atoms with Crippen LogP contribution in [0.15, 0.2) is 24.3 Å². The van der Waals surface area contributed by atoms with Gasteiger partial charge in [0.25, 0.3) is 0 Å². The SMILES string of the molecule is CCCCCCCCCCC[CH2][Na].CCCCCCCCCc1ccccc1O.O=S(=O)(O)O. The van der Waals surface area contributed by atoms with Gasteiger partial charge in [0.1, 0.15) is 5.75 Å². The van der Waals surface area contributed by atoms with Crippen molar-refractivity contribution in [1.82, 2.24) is 0 Å². The summed E-state index contributed by atoms with van der Waals surface area (Å²) in [6.45, 7) is 4.53. The summed E-state index contributed by atoms with van der Waals surface area (Å²) < 4.78 is 33.1. The third kappa shape index (κ3) is 34.1. The van der Waals surface area contributed by atoms with Crippen molar-refractivity contribution in [3.8, 4) is 5.75 Å². The molecule has 0 aromatic heterocycles. The second-order valence-corrected chi connectivity index (χ2v) is 11.0. The molecule has 1 aromatic rings. The first-order chi connectivity index (χ1) is 16.3. The zero-order valence-electron chi connectivity index (χ0n) is 22.3. The molecule has 1 rings (SSSR count). The van der Waals surface area contributed by atoms with E-state index in [2.05, 4.69) is 13.8 Å². The van der Waals surface area contributed by atoms with Crippen LogP contribution in [0.4, 0.5) is 0 Å². The van der Waals surface area contributed by atoms with Gasteiger partial charge in [0.2, 0.25) is 0 Å². The Balaban J connectivity index is 0. The van der Waals surface area contributed by atoms with Crippen LogP contribution in [-0.4, -0.2) is 50.6 Å². The van der Waals surface area contributed by atoms with E-state index in [9.17, 15) is 5.11 Å². The average Bonchev–Trinajstić information content (AvgIpc) is 2.78. The Morgan fingerprint density at radius 1 is 0.647 bits per heavy atom. The molecular formula is C27H51NaO5S. The normalized spacial score (nSPS) is 10.8. The Hall–Kier alpha value is -0.110. The molecule has 5 nitrogen and oxygen atoms in total. The van der Waals surface area contributed by atoms with Gasteiger partial charge in [-0.05, 0) is 24.5 Å². The van der Waals surface area contributed by atoms with Crippen molar-refractivity contribution >= 4 is 38.3 Å².